The highest BCUT2D eigenvalue weighted by molar-refractivity contribution is 5.72. The maximum atomic E-state index is 12.7. The van der Waals surface area contributed by atoms with Crippen LogP contribution in [0.15, 0.2) is 60.8 Å². The molecule has 8 heteroatoms. The molecule has 0 heterocycles. The molecule has 0 aromatic rings. The molecule has 2 unspecified atom stereocenters. The molecular weight excluding hydrogens is 727 g/mol. The van der Waals surface area contributed by atoms with Crippen LogP contribution in [-0.4, -0.2) is 80.6 Å². The van der Waals surface area contributed by atoms with Gasteiger partial charge < -0.3 is 23.8 Å². The van der Waals surface area contributed by atoms with Crippen LogP contribution in [0.3, 0.4) is 0 Å². The fraction of sp³-hybridized carbons (Fsp3) is 0.740. The van der Waals surface area contributed by atoms with Crippen LogP contribution in [0, 0.1) is 0 Å². The number of carboxylic acids is 1. The van der Waals surface area contributed by atoms with Crippen molar-refractivity contribution in [2.24, 2.45) is 0 Å². The van der Waals surface area contributed by atoms with Crippen molar-refractivity contribution in [3.63, 3.8) is 0 Å². The lowest BCUT2D eigenvalue weighted by Crippen LogP contribution is -2.50. The fourth-order valence-corrected chi connectivity index (χ4v) is 6.65. The first-order valence-electron chi connectivity index (χ1n) is 23.4. The summed E-state index contributed by atoms with van der Waals surface area (Å²) in [6, 6.07) is -0.620. The van der Waals surface area contributed by atoms with Crippen LogP contribution in [0.4, 0.5) is 0 Å². The number of nitrogens with zero attached hydrogens (tertiary/aromatic N) is 1. The fourth-order valence-electron chi connectivity index (χ4n) is 6.65. The second-order valence-corrected chi connectivity index (χ2v) is 16.8. The number of hydrogen-bond acceptors (Lipinski definition) is 6. The number of ether oxygens (including phenoxy) is 3. The van der Waals surface area contributed by atoms with Gasteiger partial charge >= 0.3 is 17.9 Å². The van der Waals surface area contributed by atoms with E-state index in [9.17, 15) is 19.5 Å². The Bertz CT molecular complexity index is 1130. The maximum absolute atomic E-state index is 12.7. The van der Waals surface area contributed by atoms with Gasteiger partial charge in [-0.15, -0.1) is 0 Å². The van der Waals surface area contributed by atoms with Crippen LogP contribution in [-0.2, 0) is 28.6 Å². The van der Waals surface area contributed by atoms with Crippen molar-refractivity contribution in [2.45, 2.75) is 199 Å². The van der Waals surface area contributed by atoms with E-state index >= 15 is 0 Å². The summed E-state index contributed by atoms with van der Waals surface area (Å²) in [5.74, 6) is -1.50. The third-order valence-corrected chi connectivity index (χ3v) is 10.3. The molecule has 334 valence electrons. The molecule has 0 saturated heterocycles. The Morgan fingerprint density at radius 2 is 0.948 bits per heavy atom. The minimum atomic E-state index is -0.879. The second kappa shape index (κ2) is 40.8. The van der Waals surface area contributed by atoms with Crippen molar-refractivity contribution in [1.82, 2.24) is 0 Å². The molecule has 0 aliphatic rings. The second-order valence-electron chi connectivity index (χ2n) is 16.8. The number of hydrogen-bond donors (Lipinski definition) is 1. The average Bonchev–Trinajstić information content (AvgIpc) is 3.18. The molecule has 1 N–H and O–H groups in total. The zero-order chi connectivity index (χ0) is 42.8. The third-order valence-electron chi connectivity index (χ3n) is 10.3. The average molecular weight is 815 g/mol. The van der Waals surface area contributed by atoms with Crippen LogP contribution in [0.2, 0.25) is 0 Å². The summed E-state index contributed by atoms with van der Waals surface area (Å²) >= 11 is 0. The van der Waals surface area contributed by atoms with Gasteiger partial charge in [-0.3, -0.25) is 9.59 Å². The Balaban J connectivity index is 4.36. The highest BCUT2D eigenvalue weighted by Crippen LogP contribution is 2.15. The normalized spacial score (nSPS) is 13.5. The van der Waals surface area contributed by atoms with Gasteiger partial charge in [0.1, 0.15) is 6.61 Å². The van der Waals surface area contributed by atoms with Crippen molar-refractivity contribution in [3.8, 4) is 0 Å². The quantitative estimate of drug-likeness (QED) is 0.0284. The lowest BCUT2D eigenvalue weighted by Gasteiger charge is -2.31. The SMILES string of the molecule is CCC/C=C/C=C/C=C/C=C/C=C/CCCCCCCC(=O)OCC(COCCC(C(=O)O)[N+](C)(C)C)OC(=O)CCCCCCCCCCCCCCCCCC. The monoisotopic (exact) mass is 815 g/mol. The van der Waals surface area contributed by atoms with E-state index in [2.05, 4.69) is 38.2 Å². The third kappa shape index (κ3) is 38.5. The Labute approximate surface area is 356 Å². The van der Waals surface area contributed by atoms with Gasteiger partial charge in [-0.2, -0.15) is 0 Å². The molecule has 58 heavy (non-hydrogen) atoms. The van der Waals surface area contributed by atoms with Crippen molar-refractivity contribution in [1.29, 1.82) is 0 Å². The molecule has 0 rings (SSSR count). The summed E-state index contributed by atoms with van der Waals surface area (Å²) in [5.41, 5.74) is 0. The van der Waals surface area contributed by atoms with Gasteiger partial charge in [-0.1, -0.05) is 197 Å². The van der Waals surface area contributed by atoms with Crippen LogP contribution in [0.5, 0.6) is 0 Å². The molecule has 0 aliphatic carbocycles. The van der Waals surface area contributed by atoms with Crippen LogP contribution < -0.4 is 0 Å². The number of quaternary nitrogens is 1. The summed E-state index contributed by atoms with van der Waals surface area (Å²) in [6.45, 7) is 4.63. The zero-order valence-electron chi connectivity index (χ0n) is 38.0. The summed E-state index contributed by atoms with van der Waals surface area (Å²) in [5, 5.41) is 9.63. The Hall–Kier alpha value is -2.97. The van der Waals surface area contributed by atoms with Crippen LogP contribution in [0.1, 0.15) is 187 Å². The first-order chi connectivity index (χ1) is 28.1. The molecule has 8 nitrogen and oxygen atoms in total. The Morgan fingerprint density at radius 3 is 1.41 bits per heavy atom. The lowest BCUT2D eigenvalue weighted by molar-refractivity contribution is -0.887. The highest BCUT2D eigenvalue weighted by atomic mass is 16.6. The smallest absolute Gasteiger partial charge is 0.362 e. The van der Waals surface area contributed by atoms with Crippen molar-refractivity contribution in [3.05, 3.63) is 60.8 Å². The van der Waals surface area contributed by atoms with Crippen molar-refractivity contribution >= 4 is 17.9 Å². The number of carbonyl (C=O) groups is 3. The molecule has 0 aromatic heterocycles. The predicted molar refractivity (Wildman–Crippen MR) is 243 cm³/mol. The first kappa shape index (κ1) is 55.0. The number of likely N-dealkylation sites (N-methyl/N-ethyl adjacent to an activating group) is 1. The van der Waals surface area contributed by atoms with E-state index in [-0.39, 0.29) is 36.2 Å². The van der Waals surface area contributed by atoms with Crippen molar-refractivity contribution in [2.75, 3.05) is 41.0 Å². The van der Waals surface area contributed by atoms with Gasteiger partial charge in [-0.05, 0) is 32.1 Å². The summed E-state index contributed by atoms with van der Waals surface area (Å²) in [6.07, 6.45) is 49.7. The minimum absolute atomic E-state index is 0.0523. The van der Waals surface area contributed by atoms with E-state index in [1.54, 1.807) is 0 Å². The van der Waals surface area contributed by atoms with E-state index in [0.717, 1.165) is 64.2 Å². The van der Waals surface area contributed by atoms with Gasteiger partial charge in [0.25, 0.3) is 0 Å². The van der Waals surface area contributed by atoms with Gasteiger partial charge in [0.05, 0.1) is 34.4 Å². The van der Waals surface area contributed by atoms with E-state index in [1.807, 2.05) is 57.6 Å². The van der Waals surface area contributed by atoms with Crippen LogP contribution >= 0.6 is 0 Å². The predicted octanol–water partition coefficient (Wildman–Crippen LogP) is 13.0. The highest BCUT2D eigenvalue weighted by Gasteiger charge is 2.31. The molecule has 0 aromatic carbocycles. The molecule has 0 aliphatic heterocycles. The van der Waals surface area contributed by atoms with E-state index in [0.29, 0.717) is 19.3 Å². The maximum Gasteiger partial charge on any atom is 0.362 e. The van der Waals surface area contributed by atoms with Crippen LogP contribution in [0.25, 0.3) is 0 Å². The molecule has 0 saturated carbocycles. The van der Waals surface area contributed by atoms with E-state index in [1.165, 1.54) is 89.9 Å². The number of carbonyl (C=O) groups excluding carboxylic acids is 2. The molecule has 0 spiro atoms. The Kier molecular flexibility index (Phi) is 38.7. The number of aliphatic carboxylic acids is 1. The number of carboxylic acid groups (broad SMARTS) is 1. The number of esters is 2. The van der Waals surface area contributed by atoms with Gasteiger partial charge in [-0.25, -0.2) is 4.79 Å². The topological polar surface area (TPSA) is 99.1 Å². The molecule has 0 radical (unpaired) electrons. The zero-order valence-corrected chi connectivity index (χ0v) is 38.0. The van der Waals surface area contributed by atoms with E-state index < -0.39 is 18.1 Å². The molecule has 0 amide bonds. The number of unbranched alkanes of at least 4 members (excludes halogenated alkanes) is 21. The standard InChI is InChI=1S/C50H87NO7/c1-6-8-10-12-14-16-18-20-22-24-25-27-28-30-32-34-36-38-40-48(52)57-45-46(44-56-43-42-47(50(54)55)51(3,4)5)58-49(53)41-39-37-35-33-31-29-26-23-21-19-17-15-13-11-9-7-2/h10,12,14,16,18,20,22,24-25,27,46-47H,6-9,11,13,15,17,19,21,23,26,28-45H2,1-5H3/p+1/b12-10+,16-14+,20-18+,24-22+,27-25+. The summed E-state index contributed by atoms with van der Waals surface area (Å²) in [4.78, 5) is 37.0. The lowest BCUT2D eigenvalue weighted by atomic mass is 10.0. The van der Waals surface area contributed by atoms with E-state index in [4.69, 9.17) is 14.2 Å². The van der Waals surface area contributed by atoms with Crippen molar-refractivity contribution < 1.29 is 38.2 Å². The van der Waals surface area contributed by atoms with Gasteiger partial charge in [0, 0.05) is 19.3 Å². The Morgan fingerprint density at radius 1 is 0.517 bits per heavy atom. The first-order valence-corrected chi connectivity index (χ1v) is 23.4. The molecule has 0 fully saturated rings. The summed E-state index contributed by atoms with van der Waals surface area (Å²) < 4.78 is 17.3. The summed E-state index contributed by atoms with van der Waals surface area (Å²) in [7, 11) is 5.52. The molecular formula is C50H88NO7+. The van der Waals surface area contributed by atoms with Gasteiger partial charge in [0.15, 0.2) is 12.1 Å². The molecule has 2 atom stereocenters. The molecule has 0 bridgehead atoms. The largest absolute Gasteiger partial charge is 0.477 e. The number of rotatable bonds is 41. The number of allylic oxidation sites excluding steroid dienone is 10. The minimum Gasteiger partial charge on any atom is -0.477 e. The van der Waals surface area contributed by atoms with Gasteiger partial charge in [0.2, 0.25) is 0 Å².